The summed E-state index contributed by atoms with van der Waals surface area (Å²) < 4.78 is 50.5. The Labute approximate surface area is 156 Å². The van der Waals surface area contributed by atoms with Crippen molar-refractivity contribution < 1.29 is 31.9 Å². The van der Waals surface area contributed by atoms with Crippen molar-refractivity contribution in [3.63, 3.8) is 0 Å². The molecular formula is C16H16ClF4N3O3. The van der Waals surface area contributed by atoms with Gasteiger partial charge in [-0.15, -0.1) is 0 Å². The van der Waals surface area contributed by atoms with Crippen molar-refractivity contribution >= 4 is 35.0 Å². The highest BCUT2D eigenvalue weighted by Crippen LogP contribution is 2.23. The van der Waals surface area contributed by atoms with E-state index in [4.69, 9.17) is 11.6 Å². The molecule has 0 unspecified atom stereocenters. The fourth-order valence-corrected chi connectivity index (χ4v) is 2.64. The zero-order valence-electron chi connectivity index (χ0n) is 14.1. The maximum absolute atomic E-state index is 13.1. The number of anilines is 1. The van der Waals surface area contributed by atoms with Crippen molar-refractivity contribution in [1.82, 2.24) is 10.2 Å². The molecule has 11 heteroatoms. The minimum absolute atomic E-state index is 0.0505. The molecule has 1 aromatic rings. The lowest BCUT2D eigenvalue weighted by molar-refractivity contribution is -0.162. The fraction of sp³-hybridized carbons (Fsp3) is 0.438. The monoisotopic (exact) mass is 409 g/mol. The summed E-state index contributed by atoms with van der Waals surface area (Å²) in [6.45, 7) is 0.654. The molecule has 0 spiro atoms. The van der Waals surface area contributed by atoms with E-state index in [0.29, 0.717) is 0 Å². The van der Waals surface area contributed by atoms with Crippen molar-refractivity contribution in [2.24, 2.45) is 5.92 Å². The van der Waals surface area contributed by atoms with Gasteiger partial charge in [0.1, 0.15) is 11.9 Å². The van der Waals surface area contributed by atoms with Gasteiger partial charge < -0.3 is 15.5 Å². The third kappa shape index (κ3) is 5.31. The Bertz CT molecular complexity index is 757. The molecule has 1 aliphatic heterocycles. The molecule has 1 aromatic carbocycles. The van der Waals surface area contributed by atoms with Gasteiger partial charge in [-0.25, -0.2) is 4.39 Å². The van der Waals surface area contributed by atoms with Gasteiger partial charge >= 0.3 is 18.0 Å². The molecule has 2 rings (SSSR count). The van der Waals surface area contributed by atoms with Crippen molar-refractivity contribution in [3.8, 4) is 0 Å². The van der Waals surface area contributed by atoms with Crippen LogP contribution in [0.3, 0.4) is 0 Å². The van der Waals surface area contributed by atoms with Crippen LogP contribution in [-0.4, -0.2) is 47.9 Å². The Morgan fingerprint density at radius 3 is 2.56 bits per heavy atom. The van der Waals surface area contributed by atoms with Crippen LogP contribution in [-0.2, 0) is 14.4 Å². The highest BCUT2D eigenvalue weighted by Gasteiger charge is 2.40. The topological polar surface area (TPSA) is 78.5 Å². The first-order chi connectivity index (χ1) is 12.5. The zero-order chi connectivity index (χ0) is 20.4. The molecule has 1 aliphatic rings. The van der Waals surface area contributed by atoms with Gasteiger partial charge in [0.15, 0.2) is 0 Å². The molecule has 0 radical (unpaired) electrons. The summed E-state index contributed by atoms with van der Waals surface area (Å²) in [6.07, 6.45) is -4.44. The minimum Gasteiger partial charge on any atom is -0.336 e. The van der Waals surface area contributed by atoms with Crippen molar-refractivity contribution in [3.05, 3.63) is 29.0 Å². The summed E-state index contributed by atoms with van der Waals surface area (Å²) >= 11 is 5.63. The average Bonchev–Trinajstić information content (AvgIpc) is 3.06. The first kappa shape index (κ1) is 20.9. The number of amides is 3. The van der Waals surface area contributed by atoms with Crippen LogP contribution >= 0.6 is 11.6 Å². The predicted molar refractivity (Wildman–Crippen MR) is 88.4 cm³/mol. The van der Waals surface area contributed by atoms with Crippen LogP contribution in [0.25, 0.3) is 0 Å². The summed E-state index contributed by atoms with van der Waals surface area (Å²) in [5, 5.41) is 3.93. The Morgan fingerprint density at radius 2 is 1.96 bits per heavy atom. The van der Waals surface area contributed by atoms with E-state index in [1.807, 2.05) is 0 Å². The lowest BCUT2D eigenvalue weighted by Crippen LogP contribution is -2.49. The molecule has 0 aromatic heterocycles. The van der Waals surface area contributed by atoms with Gasteiger partial charge in [-0.1, -0.05) is 11.6 Å². The summed E-state index contributed by atoms with van der Waals surface area (Å²) in [7, 11) is 0. The third-order valence-electron chi connectivity index (χ3n) is 4.07. The molecule has 27 heavy (non-hydrogen) atoms. The first-order valence-electron chi connectivity index (χ1n) is 7.91. The second-order valence-electron chi connectivity index (χ2n) is 6.09. The Hall–Kier alpha value is -2.36. The van der Waals surface area contributed by atoms with Gasteiger partial charge in [-0.05, 0) is 31.5 Å². The molecule has 2 atom stereocenters. The van der Waals surface area contributed by atoms with Gasteiger partial charge in [0.2, 0.25) is 5.91 Å². The van der Waals surface area contributed by atoms with E-state index in [1.54, 1.807) is 5.32 Å². The number of hydrogen-bond acceptors (Lipinski definition) is 3. The smallest absolute Gasteiger partial charge is 0.336 e. The third-order valence-corrected chi connectivity index (χ3v) is 4.36. The lowest BCUT2D eigenvalue weighted by Gasteiger charge is -2.20. The molecule has 3 amide bonds. The molecule has 0 saturated carbocycles. The molecule has 1 heterocycles. The van der Waals surface area contributed by atoms with Gasteiger partial charge in [-0.2, -0.15) is 13.2 Å². The number of hydrogen-bond donors (Lipinski definition) is 2. The van der Waals surface area contributed by atoms with Crippen molar-refractivity contribution in [1.29, 1.82) is 0 Å². The van der Waals surface area contributed by atoms with E-state index in [0.717, 1.165) is 17.9 Å². The Balaban J connectivity index is 1.91. The van der Waals surface area contributed by atoms with Crippen LogP contribution in [0.15, 0.2) is 18.2 Å². The number of nitrogens with zero attached hydrogens (tertiary/aromatic N) is 1. The largest absolute Gasteiger partial charge is 0.408 e. The predicted octanol–water partition coefficient (Wildman–Crippen LogP) is 2.33. The molecule has 0 bridgehead atoms. The number of alkyl halides is 3. The first-order valence-corrected chi connectivity index (χ1v) is 8.29. The second kappa shape index (κ2) is 8.12. The molecule has 0 aliphatic carbocycles. The van der Waals surface area contributed by atoms with Gasteiger partial charge in [-0.3, -0.25) is 14.4 Å². The number of likely N-dealkylation sites (tertiary alicyclic amines) is 1. The number of halogens is 5. The van der Waals surface area contributed by atoms with E-state index < -0.39 is 41.7 Å². The van der Waals surface area contributed by atoms with Crippen LogP contribution in [0, 0.1) is 11.7 Å². The van der Waals surface area contributed by atoms with Crippen LogP contribution < -0.4 is 10.6 Å². The lowest BCUT2D eigenvalue weighted by atomic mass is 10.1. The van der Waals surface area contributed by atoms with E-state index in [-0.39, 0.29) is 30.2 Å². The van der Waals surface area contributed by atoms with Gasteiger partial charge in [0.25, 0.3) is 0 Å². The van der Waals surface area contributed by atoms with Crippen LogP contribution in [0.5, 0.6) is 0 Å². The van der Waals surface area contributed by atoms with E-state index in [2.05, 4.69) is 5.32 Å². The molecule has 1 fully saturated rings. The average molecular weight is 410 g/mol. The zero-order valence-corrected chi connectivity index (χ0v) is 14.8. The van der Waals surface area contributed by atoms with Crippen molar-refractivity contribution in [2.45, 2.75) is 25.6 Å². The molecule has 6 nitrogen and oxygen atoms in total. The number of carbonyl (C=O) groups is 3. The number of benzene rings is 1. The van der Waals surface area contributed by atoms with E-state index >= 15 is 0 Å². The maximum atomic E-state index is 13.1. The SMILES string of the molecule is C[C@@H](NC(=O)C(=O)N1CC[C@H](C(=O)Nc2ccc(F)c(Cl)c2)C1)C(F)(F)F. The number of rotatable bonds is 3. The highest BCUT2D eigenvalue weighted by atomic mass is 35.5. The van der Waals surface area contributed by atoms with E-state index in [1.165, 1.54) is 12.1 Å². The van der Waals surface area contributed by atoms with Crippen molar-refractivity contribution in [2.75, 3.05) is 18.4 Å². The summed E-state index contributed by atoms with van der Waals surface area (Å²) in [4.78, 5) is 36.9. The standard InChI is InChI=1S/C16H16ClF4N3O3/c1-8(16(19,20)21)22-14(26)15(27)24-5-4-9(7-24)13(25)23-10-2-3-12(18)11(17)6-10/h2-3,6,8-9H,4-5,7H2,1H3,(H,22,26)(H,23,25)/t8-,9+/m1/s1. The quantitative estimate of drug-likeness (QED) is 0.594. The van der Waals surface area contributed by atoms with Gasteiger partial charge in [0.05, 0.1) is 10.9 Å². The van der Waals surface area contributed by atoms with Gasteiger partial charge in [0, 0.05) is 18.8 Å². The number of nitrogens with one attached hydrogen (secondary N) is 2. The maximum Gasteiger partial charge on any atom is 0.408 e. The summed E-state index contributed by atoms with van der Waals surface area (Å²) in [5.41, 5.74) is 0.257. The number of carbonyl (C=O) groups excluding carboxylic acids is 3. The highest BCUT2D eigenvalue weighted by molar-refractivity contribution is 6.35. The van der Waals surface area contributed by atoms with E-state index in [9.17, 15) is 31.9 Å². The van der Waals surface area contributed by atoms with Crippen LogP contribution in [0.1, 0.15) is 13.3 Å². The fourth-order valence-electron chi connectivity index (χ4n) is 2.46. The molecular weight excluding hydrogens is 394 g/mol. The summed E-state index contributed by atoms with van der Waals surface area (Å²) in [5.74, 6) is -4.30. The minimum atomic E-state index is -4.67. The van der Waals surface area contributed by atoms with Crippen LogP contribution in [0.4, 0.5) is 23.2 Å². The Kier molecular flexibility index (Phi) is 6.30. The molecule has 148 valence electrons. The normalized spacial score (nSPS) is 18.1. The Morgan fingerprint density at radius 1 is 1.30 bits per heavy atom. The summed E-state index contributed by atoms with van der Waals surface area (Å²) in [6, 6.07) is 1.44. The van der Waals surface area contributed by atoms with Crippen LogP contribution in [0.2, 0.25) is 5.02 Å². The molecule has 1 saturated heterocycles. The second-order valence-corrected chi connectivity index (χ2v) is 6.50. The molecule has 2 N–H and O–H groups in total.